The third kappa shape index (κ3) is 6.68. The van der Waals surface area contributed by atoms with Crippen LogP contribution in [-0.4, -0.2) is 28.7 Å². The van der Waals surface area contributed by atoms with Crippen molar-refractivity contribution in [2.45, 2.75) is 13.8 Å². The van der Waals surface area contributed by atoms with Crippen LogP contribution in [0.25, 0.3) is 128 Å². The number of hydrogen-bond donors (Lipinski definition) is 0. The van der Waals surface area contributed by atoms with Gasteiger partial charge in [-0.3, -0.25) is 4.57 Å². The van der Waals surface area contributed by atoms with Gasteiger partial charge in [0.25, 0.3) is 0 Å². The minimum absolute atomic E-state index is 0.548. The molecule has 0 radical (unpaired) electrons. The van der Waals surface area contributed by atoms with E-state index in [0.29, 0.717) is 17.6 Å². The average molecular weight is 909 g/mol. The van der Waals surface area contributed by atoms with Crippen LogP contribution in [0.2, 0.25) is 0 Å². The highest BCUT2D eigenvalue weighted by atomic mass is 15.2. The summed E-state index contributed by atoms with van der Waals surface area (Å²) in [5.41, 5.74) is 17.6. The van der Waals surface area contributed by atoms with Gasteiger partial charge in [0.05, 0.1) is 33.1 Å². The molecule has 0 spiro atoms. The van der Waals surface area contributed by atoms with Crippen LogP contribution in [0, 0.1) is 13.8 Å². The molecule has 0 amide bonds. The number of aromatic nitrogens is 6. The summed E-state index contributed by atoms with van der Waals surface area (Å²) >= 11 is 0. The van der Waals surface area contributed by atoms with E-state index in [1.165, 1.54) is 43.8 Å². The number of rotatable bonds is 7. The molecule has 10 aromatic carbocycles. The molecule has 0 N–H and O–H groups in total. The van der Waals surface area contributed by atoms with Crippen LogP contribution in [-0.2, 0) is 0 Å². The Morgan fingerprint density at radius 3 is 1.13 bits per heavy atom. The molecule has 6 nitrogen and oxygen atoms in total. The quantitative estimate of drug-likeness (QED) is 0.160. The second-order valence-corrected chi connectivity index (χ2v) is 18.7. The van der Waals surface area contributed by atoms with Crippen LogP contribution in [0.3, 0.4) is 0 Å². The van der Waals surface area contributed by atoms with E-state index in [4.69, 9.17) is 15.0 Å². The van der Waals surface area contributed by atoms with E-state index >= 15 is 0 Å². The fraction of sp³-hybridized carbons (Fsp3) is 0.0308. The Labute approximate surface area is 410 Å². The SMILES string of the molecule is Cc1cccc(-c2nc(-c3cccc(C)c3)nc(-n3c4cc(-n5c6ccccc6c6cc(-c7ccccc7)ccc65)ccc4c4ccc(-n5c6ccccc6c6cc(-c7ccccc7)ccc65)cc43)n2)c1. The van der Waals surface area contributed by atoms with Crippen LogP contribution < -0.4 is 0 Å². The highest BCUT2D eigenvalue weighted by molar-refractivity contribution is 6.14. The summed E-state index contributed by atoms with van der Waals surface area (Å²) in [6.07, 6.45) is 0. The van der Waals surface area contributed by atoms with Crippen molar-refractivity contribution in [2.75, 3.05) is 0 Å². The zero-order valence-corrected chi connectivity index (χ0v) is 39.1. The van der Waals surface area contributed by atoms with Gasteiger partial charge >= 0.3 is 0 Å². The van der Waals surface area contributed by atoms with Crippen LogP contribution in [0.4, 0.5) is 0 Å². The molecule has 4 heterocycles. The van der Waals surface area contributed by atoms with Gasteiger partial charge in [-0.15, -0.1) is 0 Å². The Morgan fingerprint density at radius 1 is 0.254 bits per heavy atom. The van der Waals surface area contributed by atoms with Gasteiger partial charge in [0, 0.05) is 54.8 Å². The van der Waals surface area contributed by atoms with E-state index < -0.39 is 0 Å². The molecule has 14 aromatic rings. The van der Waals surface area contributed by atoms with Gasteiger partial charge < -0.3 is 9.13 Å². The van der Waals surface area contributed by atoms with E-state index in [0.717, 1.165) is 77.5 Å². The molecule has 0 aliphatic heterocycles. The molecule has 0 fully saturated rings. The maximum atomic E-state index is 5.42. The monoisotopic (exact) mass is 908 g/mol. The number of fused-ring (bicyclic) bond motifs is 9. The molecule has 4 aromatic heterocycles. The first-order valence-corrected chi connectivity index (χ1v) is 24.2. The molecule has 0 unspecified atom stereocenters. The molecule has 0 bridgehead atoms. The summed E-state index contributed by atoms with van der Waals surface area (Å²) in [5, 5.41) is 7.03. The zero-order valence-electron chi connectivity index (χ0n) is 39.1. The lowest BCUT2D eigenvalue weighted by Gasteiger charge is -2.13. The van der Waals surface area contributed by atoms with Gasteiger partial charge in [-0.2, -0.15) is 9.97 Å². The molecular weight excluding hydrogens is 865 g/mol. The fourth-order valence-corrected chi connectivity index (χ4v) is 10.9. The maximum Gasteiger partial charge on any atom is 0.238 e. The first-order chi connectivity index (χ1) is 35.0. The van der Waals surface area contributed by atoms with Gasteiger partial charge in [-0.05, 0) is 109 Å². The van der Waals surface area contributed by atoms with Crippen molar-refractivity contribution in [3.05, 3.63) is 242 Å². The molecule has 0 saturated heterocycles. The first-order valence-electron chi connectivity index (χ1n) is 24.2. The minimum atomic E-state index is 0.548. The second-order valence-electron chi connectivity index (χ2n) is 18.7. The van der Waals surface area contributed by atoms with Gasteiger partial charge in [0.1, 0.15) is 0 Å². The molecule has 0 atom stereocenters. The lowest BCUT2D eigenvalue weighted by molar-refractivity contribution is 0.952. The third-order valence-electron chi connectivity index (χ3n) is 14.2. The number of hydrogen-bond acceptors (Lipinski definition) is 3. The van der Waals surface area contributed by atoms with Gasteiger partial charge in [0.15, 0.2) is 11.6 Å². The molecule has 334 valence electrons. The lowest BCUT2D eigenvalue weighted by Crippen LogP contribution is -2.07. The van der Waals surface area contributed by atoms with Crippen molar-refractivity contribution >= 4 is 65.4 Å². The summed E-state index contributed by atoms with van der Waals surface area (Å²) in [7, 11) is 0. The summed E-state index contributed by atoms with van der Waals surface area (Å²) in [4.78, 5) is 16.0. The molecule has 6 heteroatoms. The summed E-state index contributed by atoms with van der Waals surface area (Å²) < 4.78 is 7.07. The zero-order chi connectivity index (χ0) is 47.2. The van der Waals surface area contributed by atoms with Crippen molar-refractivity contribution in [1.82, 2.24) is 28.7 Å². The van der Waals surface area contributed by atoms with E-state index in [9.17, 15) is 0 Å². The van der Waals surface area contributed by atoms with Crippen molar-refractivity contribution in [2.24, 2.45) is 0 Å². The van der Waals surface area contributed by atoms with Crippen LogP contribution in [0.1, 0.15) is 11.1 Å². The Morgan fingerprint density at radius 2 is 0.662 bits per heavy atom. The average Bonchev–Trinajstić information content (AvgIpc) is 4.06. The van der Waals surface area contributed by atoms with E-state index in [2.05, 4.69) is 258 Å². The Bertz CT molecular complexity index is 4150. The standard InChI is InChI=1S/C65H44N6/c1-41-15-13-21-47(35-41)63-66-64(48-22-14-16-42(2)36-48)68-65(67-63)71-61-39-49(69-57-25-11-9-23-51(57)55-37-45(27-33-59(55)69)43-17-5-3-6-18-43)29-31-53(61)54-32-30-50(40-62(54)71)70-58-26-12-10-24-52(58)56-38-46(28-34-60(56)70)44-19-7-4-8-20-44/h3-40H,1-2H3. The fourth-order valence-electron chi connectivity index (χ4n) is 10.9. The molecule has 71 heavy (non-hydrogen) atoms. The Hall–Kier alpha value is -9.39. The molecule has 14 rings (SSSR count). The van der Waals surface area contributed by atoms with Gasteiger partial charge in [0.2, 0.25) is 5.95 Å². The second kappa shape index (κ2) is 16.1. The number of benzene rings is 10. The normalized spacial score (nSPS) is 11.8. The maximum absolute atomic E-state index is 5.42. The largest absolute Gasteiger partial charge is 0.309 e. The van der Waals surface area contributed by atoms with E-state index in [-0.39, 0.29) is 0 Å². The van der Waals surface area contributed by atoms with Crippen LogP contribution in [0.15, 0.2) is 231 Å². The van der Waals surface area contributed by atoms with Crippen molar-refractivity contribution < 1.29 is 0 Å². The lowest BCUT2D eigenvalue weighted by atomic mass is 10.0. The molecule has 0 aliphatic rings. The predicted molar refractivity (Wildman–Crippen MR) is 294 cm³/mol. The van der Waals surface area contributed by atoms with Gasteiger partial charge in [-0.1, -0.05) is 169 Å². The molecule has 0 saturated carbocycles. The molecule has 0 aliphatic carbocycles. The summed E-state index contributed by atoms with van der Waals surface area (Å²) in [5.74, 6) is 1.78. The highest BCUT2D eigenvalue weighted by Crippen LogP contribution is 2.41. The van der Waals surface area contributed by atoms with Crippen molar-refractivity contribution in [3.63, 3.8) is 0 Å². The van der Waals surface area contributed by atoms with E-state index in [1.807, 2.05) is 0 Å². The van der Waals surface area contributed by atoms with Crippen molar-refractivity contribution in [1.29, 1.82) is 0 Å². The summed E-state index contributed by atoms with van der Waals surface area (Å²) in [6, 6.07) is 83.0. The van der Waals surface area contributed by atoms with Gasteiger partial charge in [-0.25, -0.2) is 4.98 Å². The van der Waals surface area contributed by atoms with Crippen molar-refractivity contribution in [3.8, 4) is 62.4 Å². The Balaban J connectivity index is 1.05. The highest BCUT2D eigenvalue weighted by Gasteiger charge is 2.22. The predicted octanol–water partition coefficient (Wildman–Crippen LogP) is 16.4. The van der Waals surface area contributed by atoms with Crippen LogP contribution >= 0.6 is 0 Å². The smallest absolute Gasteiger partial charge is 0.238 e. The van der Waals surface area contributed by atoms with Crippen LogP contribution in [0.5, 0.6) is 0 Å². The number of aryl methyl sites for hydroxylation is 2. The summed E-state index contributed by atoms with van der Waals surface area (Å²) in [6.45, 7) is 4.22. The molecular formula is C65H44N6. The Kier molecular flexibility index (Phi) is 9.23. The topological polar surface area (TPSA) is 53.5 Å². The van der Waals surface area contributed by atoms with E-state index in [1.54, 1.807) is 0 Å². The first kappa shape index (κ1) is 40.7. The minimum Gasteiger partial charge on any atom is -0.309 e. The number of para-hydroxylation sites is 2. The number of nitrogens with zero attached hydrogens (tertiary/aromatic N) is 6. The third-order valence-corrected chi connectivity index (χ3v) is 14.2.